The summed E-state index contributed by atoms with van der Waals surface area (Å²) >= 11 is 0. The van der Waals surface area contributed by atoms with Crippen LogP contribution in [0.4, 0.5) is 0 Å². The SMILES string of the molecule is O=C(C1CCCN(C2CCN(CCc3ccccn3)CC2)C1)N1CCCC1. The largest absolute Gasteiger partial charge is 0.342 e. The molecule has 0 N–H and O–H groups in total. The summed E-state index contributed by atoms with van der Waals surface area (Å²) in [6.07, 6.45) is 10.1. The lowest BCUT2D eigenvalue weighted by molar-refractivity contribution is -0.136. The number of hydrogen-bond acceptors (Lipinski definition) is 4. The van der Waals surface area contributed by atoms with E-state index in [0.717, 1.165) is 39.0 Å². The molecule has 5 heteroatoms. The van der Waals surface area contributed by atoms with Crippen molar-refractivity contribution >= 4 is 5.91 Å². The lowest BCUT2D eigenvalue weighted by Crippen LogP contribution is -2.51. The van der Waals surface area contributed by atoms with Crippen LogP contribution in [0.5, 0.6) is 0 Å². The molecule has 1 amide bonds. The van der Waals surface area contributed by atoms with Crippen LogP contribution >= 0.6 is 0 Å². The first-order chi connectivity index (χ1) is 13.3. The minimum absolute atomic E-state index is 0.249. The van der Waals surface area contributed by atoms with Crippen molar-refractivity contribution < 1.29 is 4.79 Å². The quantitative estimate of drug-likeness (QED) is 0.798. The van der Waals surface area contributed by atoms with E-state index in [4.69, 9.17) is 0 Å². The van der Waals surface area contributed by atoms with Crippen LogP contribution in [0.25, 0.3) is 0 Å². The molecule has 0 aliphatic carbocycles. The van der Waals surface area contributed by atoms with Gasteiger partial charge in [-0.25, -0.2) is 0 Å². The zero-order valence-corrected chi connectivity index (χ0v) is 16.6. The van der Waals surface area contributed by atoms with E-state index in [9.17, 15) is 4.79 Å². The van der Waals surface area contributed by atoms with Crippen molar-refractivity contribution in [3.05, 3.63) is 30.1 Å². The van der Waals surface area contributed by atoms with Crippen LogP contribution in [-0.4, -0.2) is 77.4 Å². The van der Waals surface area contributed by atoms with Crippen molar-refractivity contribution in [2.45, 2.75) is 51.0 Å². The molecule has 1 aromatic rings. The molecule has 0 aromatic carbocycles. The van der Waals surface area contributed by atoms with Gasteiger partial charge in [0, 0.05) is 50.5 Å². The van der Waals surface area contributed by atoms with E-state index in [1.54, 1.807) is 0 Å². The van der Waals surface area contributed by atoms with Gasteiger partial charge in [-0.3, -0.25) is 14.7 Å². The van der Waals surface area contributed by atoms with Gasteiger partial charge in [0.25, 0.3) is 0 Å². The lowest BCUT2D eigenvalue weighted by Gasteiger charge is -2.42. The summed E-state index contributed by atoms with van der Waals surface area (Å²) in [5, 5.41) is 0. The number of carbonyl (C=O) groups excluding carboxylic acids is 1. The van der Waals surface area contributed by atoms with E-state index in [2.05, 4.69) is 31.8 Å². The minimum atomic E-state index is 0.249. The summed E-state index contributed by atoms with van der Waals surface area (Å²) in [6.45, 7) is 7.63. The highest BCUT2D eigenvalue weighted by Gasteiger charge is 2.34. The molecule has 27 heavy (non-hydrogen) atoms. The average molecular weight is 371 g/mol. The van der Waals surface area contributed by atoms with Crippen LogP contribution in [0, 0.1) is 5.92 Å². The standard InChI is InChI=1S/C22H34N4O/c27-22(25-12-3-4-13-25)19-6-5-14-26(18-19)21-9-16-24(17-10-21)15-8-20-7-1-2-11-23-20/h1-2,7,11,19,21H,3-6,8-10,12-18H2. The molecular formula is C22H34N4O. The van der Waals surface area contributed by atoms with Gasteiger partial charge in [-0.1, -0.05) is 6.07 Å². The van der Waals surface area contributed by atoms with E-state index < -0.39 is 0 Å². The first kappa shape index (κ1) is 18.9. The Balaban J connectivity index is 1.22. The molecule has 0 spiro atoms. The second-order valence-electron chi connectivity index (χ2n) is 8.51. The highest BCUT2D eigenvalue weighted by Crippen LogP contribution is 2.26. The number of carbonyl (C=O) groups is 1. The summed E-state index contributed by atoms with van der Waals surface area (Å²) in [4.78, 5) is 24.6. The summed E-state index contributed by atoms with van der Waals surface area (Å²) in [7, 11) is 0. The van der Waals surface area contributed by atoms with Gasteiger partial charge in [0.1, 0.15) is 0 Å². The monoisotopic (exact) mass is 370 g/mol. The number of piperidine rings is 2. The Morgan fingerprint density at radius 2 is 1.81 bits per heavy atom. The Morgan fingerprint density at radius 1 is 1.00 bits per heavy atom. The molecule has 0 bridgehead atoms. The first-order valence-corrected chi connectivity index (χ1v) is 10.9. The lowest BCUT2D eigenvalue weighted by atomic mass is 9.93. The third-order valence-electron chi connectivity index (χ3n) is 6.70. The molecule has 3 aliphatic heterocycles. The average Bonchev–Trinajstić information content (AvgIpc) is 3.28. The normalized spacial score (nSPS) is 25.8. The maximum absolute atomic E-state index is 12.8. The molecule has 148 valence electrons. The Labute approximate surface area is 163 Å². The van der Waals surface area contributed by atoms with Gasteiger partial charge in [0.15, 0.2) is 0 Å². The van der Waals surface area contributed by atoms with Crippen LogP contribution in [-0.2, 0) is 11.2 Å². The third kappa shape index (κ3) is 4.88. The van der Waals surface area contributed by atoms with Crippen molar-refractivity contribution in [1.29, 1.82) is 0 Å². The van der Waals surface area contributed by atoms with E-state index in [0.29, 0.717) is 11.9 Å². The van der Waals surface area contributed by atoms with Crippen molar-refractivity contribution in [2.24, 2.45) is 5.92 Å². The minimum Gasteiger partial charge on any atom is -0.342 e. The van der Waals surface area contributed by atoms with Crippen molar-refractivity contribution in [1.82, 2.24) is 19.7 Å². The summed E-state index contributed by atoms with van der Waals surface area (Å²) in [5.74, 6) is 0.684. The van der Waals surface area contributed by atoms with Gasteiger partial charge < -0.3 is 9.80 Å². The number of rotatable bonds is 5. The predicted molar refractivity (Wildman–Crippen MR) is 108 cm³/mol. The van der Waals surface area contributed by atoms with Gasteiger partial charge in [-0.05, 0) is 70.3 Å². The van der Waals surface area contributed by atoms with Crippen molar-refractivity contribution in [2.75, 3.05) is 45.8 Å². The maximum atomic E-state index is 12.8. The van der Waals surface area contributed by atoms with Crippen LogP contribution in [0.15, 0.2) is 24.4 Å². The van der Waals surface area contributed by atoms with Gasteiger partial charge in [0.2, 0.25) is 5.91 Å². The second kappa shape index (κ2) is 9.16. The highest BCUT2D eigenvalue weighted by molar-refractivity contribution is 5.79. The highest BCUT2D eigenvalue weighted by atomic mass is 16.2. The molecule has 1 unspecified atom stereocenters. The van der Waals surface area contributed by atoms with Crippen LogP contribution in [0.3, 0.4) is 0 Å². The maximum Gasteiger partial charge on any atom is 0.226 e. The number of amides is 1. The molecule has 4 rings (SSSR count). The number of nitrogens with zero attached hydrogens (tertiary/aromatic N) is 4. The van der Waals surface area contributed by atoms with E-state index in [1.807, 2.05) is 12.3 Å². The molecule has 1 aromatic heterocycles. The summed E-state index contributed by atoms with van der Waals surface area (Å²) in [6, 6.07) is 6.85. The summed E-state index contributed by atoms with van der Waals surface area (Å²) in [5.41, 5.74) is 1.19. The molecule has 3 fully saturated rings. The molecule has 1 atom stereocenters. The van der Waals surface area contributed by atoms with E-state index >= 15 is 0 Å². The fourth-order valence-corrected chi connectivity index (χ4v) is 5.06. The topological polar surface area (TPSA) is 39.7 Å². The van der Waals surface area contributed by atoms with E-state index in [1.165, 1.54) is 57.4 Å². The molecule has 5 nitrogen and oxygen atoms in total. The third-order valence-corrected chi connectivity index (χ3v) is 6.70. The van der Waals surface area contributed by atoms with Gasteiger partial charge in [0.05, 0.1) is 5.92 Å². The zero-order chi connectivity index (χ0) is 18.5. The fourth-order valence-electron chi connectivity index (χ4n) is 5.06. The van der Waals surface area contributed by atoms with Gasteiger partial charge >= 0.3 is 0 Å². The number of likely N-dealkylation sites (tertiary alicyclic amines) is 3. The molecule has 0 saturated carbocycles. The molecule has 3 aliphatic rings. The van der Waals surface area contributed by atoms with Crippen LogP contribution in [0.2, 0.25) is 0 Å². The van der Waals surface area contributed by atoms with Crippen molar-refractivity contribution in [3.8, 4) is 0 Å². The molecular weight excluding hydrogens is 336 g/mol. The van der Waals surface area contributed by atoms with Crippen LogP contribution in [0.1, 0.15) is 44.2 Å². The van der Waals surface area contributed by atoms with E-state index in [-0.39, 0.29) is 5.92 Å². The Morgan fingerprint density at radius 3 is 2.56 bits per heavy atom. The van der Waals surface area contributed by atoms with Gasteiger partial charge in [-0.2, -0.15) is 0 Å². The summed E-state index contributed by atoms with van der Waals surface area (Å²) < 4.78 is 0. The first-order valence-electron chi connectivity index (χ1n) is 10.9. The molecule has 4 heterocycles. The fraction of sp³-hybridized carbons (Fsp3) is 0.727. The smallest absolute Gasteiger partial charge is 0.226 e. The molecule has 0 radical (unpaired) electrons. The number of hydrogen-bond donors (Lipinski definition) is 0. The van der Waals surface area contributed by atoms with Crippen LogP contribution < -0.4 is 0 Å². The predicted octanol–water partition coefficient (Wildman–Crippen LogP) is 2.42. The van der Waals surface area contributed by atoms with Gasteiger partial charge in [-0.15, -0.1) is 0 Å². The number of aromatic nitrogens is 1. The van der Waals surface area contributed by atoms with Crippen molar-refractivity contribution in [3.63, 3.8) is 0 Å². The second-order valence-corrected chi connectivity index (χ2v) is 8.51. The number of pyridine rings is 1. The Hall–Kier alpha value is -1.46. The Kier molecular flexibility index (Phi) is 6.40. The Bertz CT molecular complexity index is 594. The molecule has 3 saturated heterocycles. The zero-order valence-electron chi connectivity index (χ0n) is 16.6.